The summed E-state index contributed by atoms with van der Waals surface area (Å²) < 4.78 is 0. The van der Waals surface area contributed by atoms with Gasteiger partial charge in [-0.05, 0) is 12.1 Å². The zero-order chi connectivity index (χ0) is 16.0. The highest BCUT2D eigenvalue weighted by Crippen LogP contribution is 2.07. The highest BCUT2D eigenvalue weighted by molar-refractivity contribution is 5.94. The van der Waals surface area contributed by atoms with E-state index in [9.17, 15) is 19.2 Å². The Morgan fingerprint density at radius 2 is 1.71 bits per heavy atom. The molecule has 21 heavy (non-hydrogen) atoms. The van der Waals surface area contributed by atoms with Gasteiger partial charge in [-0.2, -0.15) is 0 Å². The molecule has 0 aliphatic rings. The number of carbonyl (C=O) groups excluding carboxylic acids is 3. The number of hydrogen-bond acceptors (Lipinski definition) is 5. The van der Waals surface area contributed by atoms with E-state index in [2.05, 4.69) is 10.3 Å². The molecule has 0 unspecified atom stereocenters. The smallest absolute Gasteiger partial charge is 0.354 e. The van der Waals surface area contributed by atoms with Gasteiger partial charge in [-0.15, -0.1) is 0 Å². The molecule has 0 atom stereocenters. The van der Waals surface area contributed by atoms with Gasteiger partial charge in [-0.1, -0.05) is 0 Å². The van der Waals surface area contributed by atoms with E-state index in [1.165, 1.54) is 12.1 Å². The fraction of sp³-hybridized carbons (Fsp3) is 0.182. The lowest BCUT2D eigenvalue weighted by Crippen LogP contribution is -2.45. The number of nitrogens with one attached hydrogen (secondary N) is 1. The van der Waals surface area contributed by atoms with Gasteiger partial charge in [0.15, 0.2) is 0 Å². The Kier molecular flexibility index (Phi) is 5.17. The first-order chi connectivity index (χ1) is 9.79. The number of primary amides is 2. The number of nitrogens with two attached hydrogens (primary N) is 2. The van der Waals surface area contributed by atoms with Gasteiger partial charge in [0.05, 0.1) is 11.9 Å². The van der Waals surface area contributed by atoms with E-state index in [0.717, 1.165) is 11.1 Å². The van der Waals surface area contributed by atoms with Gasteiger partial charge in [0, 0.05) is 0 Å². The largest absolute Gasteiger partial charge is 0.477 e. The monoisotopic (exact) mass is 295 g/mol. The third-order valence-electron chi connectivity index (χ3n) is 2.21. The van der Waals surface area contributed by atoms with Crippen molar-refractivity contribution in [2.24, 2.45) is 11.5 Å². The number of urea groups is 1. The zero-order valence-corrected chi connectivity index (χ0v) is 10.8. The number of carbonyl (C=O) groups is 4. The molecular weight excluding hydrogens is 282 g/mol. The number of pyridine rings is 1. The number of nitrogens with zero attached hydrogens (tertiary/aromatic N) is 2. The molecule has 0 radical (unpaired) electrons. The summed E-state index contributed by atoms with van der Waals surface area (Å²) in [5.41, 5.74) is 9.92. The van der Waals surface area contributed by atoms with Crippen molar-refractivity contribution in [1.82, 2.24) is 9.88 Å². The van der Waals surface area contributed by atoms with Crippen LogP contribution in [0.25, 0.3) is 0 Å². The van der Waals surface area contributed by atoms with Crippen molar-refractivity contribution in [3.05, 3.63) is 24.0 Å². The molecule has 0 aliphatic heterocycles. The van der Waals surface area contributed by atoms with E-state index < -0.39 is 36.9 Å². The summed E-state index contributed by atoms with van der Waals surface area (Å²) >= 11 is 0. The Morgan fingerprint density at radius 1 is 1.14 bits per heavy atom. The highest BCUT2D eigenvalue weighted by atomic mass is 16.4. The van der Waals surface area contributed by atoms with E-state index in [4.69, 9.17) is 16.6 Å². The fourth-order valence-electron chi connectivity index (χ4n) is 1.37. The van der Waals surface area contributed by atoms with Gasteiger partial charge >= 0.3 is 12.0 Å². The molecule has 1 heterocycles. The molecule has 0 aromatic carbocycles. The zero-order valence-electron chi connectivity index (χ0n) is 10.8. The molecule has 0 bridgehead atoms. The summed E-state index contributed by atoms with van der Waals surface area (Å²) in [6, 6.07) is 1.70. The van der Waals surface area contributed by atoms with Crippen LogP contribution in [0.4, 0.5) is 10.5 Å². The van der Waals surface area contributed by atoms with Crippen molar-refractivity contribution in [2.45, 2.75) is 0 Å². The van der Waals surface area contributed by atoms with Crippen LogP contribution in [0.3, 0.4) is 0 Å². The van der Waals surface area contributed by atoms with Crippen molar-refractivity contribution in [3.8, 4) is 0 Å². The topological polar surface area (TPSA) is 169 Å². The van der Waals surface area contributed by atoms with Gasteiger partial charge in [-0.3, -0.25) is 9.59 Å². The SMILES string of the molecule is NC(=O)CN(CC(N)=O)C(=O)Nc1ccc(C(=O)O)nc1. The van der Waals surface area contributed by atoms with E-state index in [-0.39, 0.29) is 11.4 Å². The standard InChI is InChI=1S/C11H13N5O5/c12-8(17)4-16(5-9(13)18)11(21)15-6-1-2-7(10(19)20)14-3-6/h1-3H,4-5H2,(H2,12,17)(H2,13,18)(H,15,21)(H,19,20). The van der Waals surface area contributed by atoms with E-state index in [0.29, 0.717) is 0 Å². The first-order valence-electron chi connectivity index (χ1n) is 5.61. The van der Waals surface area contributed by atoms with Crippen molar-refractivity contribution in [3.63, 3.8) is 0 Å². The summed E-state index contributed by atoms with van der Waals surface area (Å²) in [7, 11) is 0. The second-order valence-corrected chi connectivity index (χ2v) is 3.96. The van der Waals surface area contributed by atoms with Crippen molar-refractivity contribution in [2.75, 3.05) is 18.4 Å². The number of hydrogen-bond donors (Lipinski definition) is 4. The number of aromatic carboxylic acids is 1. The molecule has 1 aromatic rings. The molecule has 10 nitrogen and oxygen atoms in total. The first kappa shape index (κ1) is 15.9. The Balaban J connectivity index is 2.77. The molecular formula is C11H13N5O5. The summed E-state index contributed by atoms with van der Waals surface area (Å²) in [5, 5.41) is 11.0. The number of anilines is 1. The number of carboxylic acid groups (broad SMARTS) is 1. The second-order valence-electron chi connectivity index (χ2n) is 3.96. The number of aromatic nitrogens is 1. The summed E-state index contributed by atoms with van der Waals surface area (Å²) in [6.45, 7) is -0.981. The van der Waals surface area contributed by atoms with Crippen LogP contribution >= 0.6 is 0 Å². The van der Waals surface area contributed by atoms with Gasteiger partial charge in [0.25, 0.3) is 0 Å². The Morgan fingerprint density at radius 3 is 2.10 bits per heavy atom. The molecule has 6 N–H and O–H groups in total. The van der Waals surface area contributed by atoms with Crippen LogP contribution in [0.1, 0.15) is 10.5 Å². The van der Waals surface area contributed by atoms with Gasteiger partial charge in [-0.25, -0.2) is 14.6 Å². The minimum Gasteiger partial charge on any atom is -0.477 e. The van der Waals surface area contributed by atoms with Crippen molar-refractivity contribution < 1.29 is 24.3 Å². The number of carboxylic acids is 1. The van der Waals surface area contributed by atoms with Crippen LogP contribution in [0, 0.1) is 0 Å². The molecule has 1 aromatic heterocycles. The second kappa shape index (κ2) is 6.84. The maximum Gasteiger partial charge on any atom is 0.354 e. The normalized spacial score (nSPS) is 9.71. The molecule has 0 spiro atoms. The highest BCUT2D eigenvalue weighted by Gasteiger charge is 2.18. The maximum atomic E-state index is 11.9. The lowest BCUT2D eigenvalue weighted by atomic mass is 10.3. The van der Waals surface area contributed by atoms with Crippen LogP contribution in [-0.4, -0.2) is 51.9 Å². The predicted octanol–water partition coefficient (Wildman–Crippen LogP) is -1.42. The summed E-state index contributed by atoms with van der Waals surface area (Å²) in [4.78, 5) is 48.6. The van der Waals surface area contributed by atoms with Crippen molar-refractivity contribution >= 4 is 29.5 Å². The molecule has 1 rings (SSSR count). The summed E-state index contributed by atoms with van der Waals surface area (Å²) in [6.07, 6.45) is 1.12. The molecule has 0 aliphatic carbocycles. The fourth-order valence-corrected chi connectivity index (χ4v) is 1.37. The number of amides is 4. The minimum absolute atomic E-state index is 0.184. The molecule has 0 saturated heterocycles. The quantitative estimate of drug-likeness (QED) is 0.502. The van der Waals surface area contributed by atoms with Crippen LogP contribution in [-0.2, 0) is 9.59 Å². The lowest BCUT2D eigenvalue weighted by molar-refractivity contribution is -0.120. The van der Waals surface area contributed by atoms with Crippen LogP contribution in [0.15, 0.2) is 18.3 Å². The third-order valence-corrected chi connectivity index (χ3v) is 2.21. The predicted molar refractivity (Wildman–Crippen MR) is 70.2 cm³/mol. The molecule has 10 heteroatoms. The van der Waals surface area contributed by atoms with Gasteiger partial charge < -0.3 is 26.8 Å². The maximum absolute atomic E-state index is 11.9. The molecule has 0 saturated carbocycles. The third kappa shape index (κ3) is 5.14. The van der Waals surface area contributed by atoms with Gasteiger partial charge in [0.1, 0.15) is 18.8 Å². The Labute approximate surface area is 118 Å². The first-order valence-corrected chi connectivity index (χ1v) is 5.61. The van der Waals surface area contributed by atoms with Crippen molar-refractivity contribution in [1.29, 1.82) is 0 Å². The van der Waals surface area contributed by atoms with Crippen LogP contribution in [0.2, 0.25) is 0 Å². The van der Waals surface area contributed by atoms with E-state index in [1.807, 2.05) is 0 Å². The Hall–Kier alpha value is -3.17. The van der Waals surface area contributed by atoms with E-state index >= 15 is 0 Å². The van der Waals surface area contributed by atoms with Gasteiger partial charge in [0.2, 0.25) is 11.8 Å². The average Bonchev–Trinajstić information content (AvgIpc) is 2.37. The van der Waals surface area contributed by atoms with Crippen LogP contribution in [0.5, 0.6) is 0 Å². The van der Waals surface area contributed by atoms with Crippen LogP contribution < -0.4 is 16.8 Å². The van der Waals surface area contributed by atoms with E-state index in [1.54, 1.807) is 0 Å². The summed E-state index contributed by atoms with van der Waals surface area (Å²) in [5.74, 6) is -2.84. The Bertz CT molecular complexity index is 555. The molecule has 4 amide bonds. The minimum atomic E-state index is -1.21. The average molecular weight is 295 g/mol. The molecule has 112 valence electrons. The molecule has 0 fully saturated rings. The lowest BCUT2D eigenvalue weighted by Gasteiger charge is -2.19. The number of rotatable bonds is 6.